The van der Waals surface area contributed by atoms with Crippen molar-refractivity contribution < 1.29 is 0 Å². The van der Waals surface area contributed by atoms with Gasteiger partial charge in [-0.3, -0.25) is 0 Å². The maximum absolute atomic E-state index is 3.29. The quantitative estimate of drug-likeness (QED) is 0.643. The number of piperidine rings is 1. The van der Waals surface area contributed by atoms with Crippen molar-refractivity contribution in [3.05, 3.63) is 0 Å². The largest absolute Gasteiger partial charge is 0.303 e. The van der Waals surface area contributed by atoms with E-state index < -0.39 is 0 Å². The van der Waals surface area contributed by atoms with Gasteiger partial charge in [-0.2, -0.15) is 0 Å². The third-order valence-electron chi connectivity index (χ3n) is 3.02. The Labute approximate surface area is 95.2 Å². The molecular formula is C14H25N. The predicted octanol–water partition coefficient (Wildman–Crippen LogP) is 3.16. The molecule has 0 spiro atoms. The van der Waals surface area contributed by atoms with E-state index in [-0.39, 0.29) is 0 Å². The Morgan fingerprint density at radius 1 is 1.20 bits per heavy atom. The maximum atomic E-state index is 3.29. The Morgan fingerprint density at radius 2 is 1.87 bits per heavy atom. The molecule has 1 fully saturated rings. The Kier molecular flexibility index (Phi) is 5.79. The zero-order chi connectivity index (χ0) is 11.1. The van der Waals surface area contributed by atoms with Gasteiger partial charge >= 0.3 is 0 Å². The number of likely N-dealkylation sites (tertiary alicyclic amines) is 1. The fraction of sp³-hybridized carbons (Fsp3) is 0.857. The monoisotopic (exact) mass is 207 g/mol. The van der Waals surface area contributed by atoms with E-state index in [4.69, 9.17) is 0 Å². The van der Waals surface area contributed by atoms with Gasteiger partial charge in [-0.05, 0) is 37.8 Å². The molecule has 0 N–H and O–H groups in total. The molecule has 0 bridgehead atoms. The van der Waals surface area contributed by atoms with Crippen molar-refractivity contribution in [3.63, 3.8) is 0 Å². The third kappa shape index (κ3) is 5.23. The van der Waals surface area contributed by atoms with E-state index in [1.54, 1.807) is 0 Å². The van der Waals surface area contributed by atoms with Crippen LogP contribution in [-0.2, 0) is 0 Å². The minimum absolute atomic E-state index is 0.807. The molecule has 1 heteroatoms. The molecule has 0 amide bonds. The molecule has 0 saturated carbocycles. The number of hydrogen-bond acceptors (Lipinski definition) is 1. The molecular weight excluding hydrogens is 182 g/mol. The van der Waals surface area contributed by atoms with Crippen molar-refractivity contribution in [2.75, 3.05) is 19.6 Å². The lowest BCUT2D eigenvalue weighted by atomic mass is 9.93. The van der Waals surface area contributed by atoms with Crippen LogP contribution in [0.5, 0.6) is 0 Å². The van der Waals surface area contributed by atoms with E-state index in [0.29, 0.717) is 0 Å². The molecule has 1 nitrogen and oxygen atoms in total. The molecule has 1 aliphatic heterocycles. The van der Waals surface area contributed by atoms with Gasteiger partial charge in [0.2, 0.25) is 0 Å². The van der Waals surface area contributed by atoms with Crippen molar-refractivity contribution in [1.29, 1.82) is 0 Å². The van der Waals surface area contributed by atoms with Gasteiger partial charge < -0.3 is 4.90 Å². The van der Waals surface area contributed by atoms with Crippen molar-refractivity contribution in [3.8, 4) is 11.8 Å². The van der Waals surface area contributed by atoms with E-state index >= 15 is 0 Å². The second-order valence-corrected chi connectivity index (χ2v) is 5.05. The molecule has 15 heavy (non-hydrogen) atoms. The lowest BCUT2D eigenvalue weighted by Crippen LogP contribution is -2.36. The van der Waals surface area contributed by atoms with Gasteiger partial charge in [0.25, 0.3) is 0 Å². The fourth-order valence-electron chi connectivity index (χ4n) is 2.23. The smallest absolute Gasteiger partial charge is 0.0118 e. The second kappa shape index (κ2) is 6.90. The molecule has 0 aromatic carbocycles. The lowest BCUT2D eigenvalue weighted by Gasteiger charge is -2.32. The Morgan fingerprint density at radius 3 is 2.40 bits per heavy atom. The first-order chi connectivity index (χ1) is 7.22. The Bertz CT molecular complexity index is 213. The Hall–Kier alpha value is -0.480. The number of rotatable bonds is 3. The van der Waals surface area contributed by atoms with Crippen molar-refractivity contribution in [2.24, 2.45) is 11.8 Å². The average molecular weight is 207 g/mol. The summed E-state index contributed by atoms with van der Waals surface area (Å²) in [5, 5.41) is 0. The molecule has 0 atom stereocenters. The summed E-state index contributed by atoms with van der Waals surface area (Å²) in [7, 11) is 0. The molecule has 0 unspecified atom stereocenters. The zero-order valence-electron chi connectivity index (χ0n) is 10.6. The van der Waals surface area contributed by atoms with Crippen LogP contribution in [0.3, 0.4) is 0 Å². The highest BCUT2D eigenvalue weighted by atomic mass is 15.1. The molecule has 1 saturated heterocycles. The summed E-state index contributed by atoms with van der Waals surface area (Å²) in [5.41, 5.74) is 0. The Balaban J connectivity index is 2.18. The summed E-state index contributed by atoms with van der Waals surface area (Å²) >= 11 is 0. The lowest BCUT2D eigenvalue weighted by molar-refractivity contribution is 0.169. The highest BCUT2D eigenvalue weighted by Gasteiger charge is 2.18. The fourth-order valence-corrected chi connectivity index (χ4v) is 2.23. The van der Waals surface area contributed by atoms with Crippen LogP contribution in [0.15, 0.2) is 0 Å². The summed E-state index contributed by atoms with van der Waals surface area (Å²) in [5.74, 6) is 8.14. The highest BCUT2D eigenvalue weighted by Crippen LogP contribution is 2.20. The van der Waals surface area contributed by atoms with Gasteiger partial charge in [0.15, 0.2) is 0 Å². The SMILES string of the molecule is CCC#CCC1CCN(CC(C)C)CC1. The minimum Gasteiger partial charge on any atom is -0.303 e. The average Bonchev–Trinajstić information content (AvgIpc) is 2.20. The number of nitrogens with zero attached hydrogens (tertiary/aromatic N) is 1. The highest BCUT2D eigenvalue weighted by molar-refractivity contribution is 4.99. The van der Waals surface area contributed by atoms with Crippen LogP contribution in [0, 0.1) is 23.7 Å². The van der Waals surface area contributed by atoms with E-state index in [1.807, 2.05) is 0 Å². The van der Waals surface area contributed by atoms with Crippen molar-refractivity contribution in [2.45, 2.75) is 46.5 Å². The van der Waals surface area contributed by atoms with E-state index in [9.17, 15) is 0 Å². The molecule has 1 rings (SSSR count). The first-order valence-electron chi connectivity index (χ1n) is 6.40. The third-order valence-corrected chi connectivity index (χ3v) is 3.02. The van der Waals surface area contributed by atoms with Gasteiger partial charge in [0.1, 0.15) is 0 Å². The summed E-state index contributed by atoms with van der Waals surface area (Å²) in [6.07, 6.45) is 4.84. The molecule has 0 radical (unpaired) electrons. The molecule has 1 heterocycles. The van der Waals surface area contributed by atoms with Gasteiger partial charge in [0, 0.05) is 19.4 Å². The summed E-state index contributed by atoms with van der Waals surface area (Å²) in [4.78, 5) is 2.61. The van der Waals surface area contributed by atoms with Crippen LogP contribution in [-0.4, -0.2) is 24.5 Å². The summed E-state index contributed by atoms with van der Waals surface area (Å²) in [6, 6.07) is 0. The van der Waals surface area contributed by atoms with Gasteiger partial charge in [-0.15, -0.1) is 11.8 Å². The van der Waals surface area contributed by atoms with Crippen molar-refractivity contribution in [1.82, 2.24) is 4.90 Å². The standard InChI is InChI=1S/C14H25N/c1-4-5-6-7-14-8-10-15(11-9-14)12-13(2)3/h13-14H,4,7-12H2,1-3H3. The topological polar surface area (TPSA) is 3.24 Å². The van der Waals surface area contributed by atoms with Crippen LogP contribution in [0.25, 0.3) is 0 Å². The van der Waals surface area contributed by atoms with E-state index in [1.165, 1.54) is 32.5 Å². The van der Waals surface area contributed by atoms with Crippen LogP contribution in [0.4, 0.5) is 0 Å². The normalized spacial score (nSPS) is 18.9. The van der Waals surface area contributed by atoms with Crippen LogP contribution in [0.2, 0.25) is 0 Å². The van der Waals surface area contributed by atoms with E-state index in [0.717, 1.165) is 24.7 Å². The number of hydrogen-bond donors (Lipinski definition) is 0. The molecule has 0 aromatic rings. The van der Waals surface area contributed by atoms with Crippen molar-refractivity contribution >= 4 is 0 Å². The first kappa shape index (κ1) is 12.6. The van der Waals surface area contributed by atoms with Gasteiger partial charge in [-0.25, -0.2) is 0 Å². The minimum atomic E-state index is 0.807. The predicted molar refractivity (Wildman–Crippen MR) is 66.7 cm³/mol. The first-order valence-corrected chi connectivity index (χ1v) is 6.40. The van der Waals surface area contributed by atoms with Gasteiger partial charge in [-0.1, -0.05) is 20.8 Å². The molecule has 1 aliphatic rings. The van der Waals surface area contributed by atoms with Crippen LogP contribution in [0.1, 0.15) is 46.5 Å². The van der Waals surface area contributed by atoms with Crippen LogP contribution < -0.4 is 0 Å². The maximum Gasteiger partial charge on any atom is 0.0118 e. The van der Waals surface area contributed by atoms with Crippen LogP contribution >= 0.6 is 0 Å². The molecule has 0 aromatic heterocycles. The van der Waals surface area contributed by atoms with Gasteiger partial charge in [0.05, 0.1) is 0 Å². The second-order valence-electron chi connectivity index (χ2n) is 5.05. The zero-order valence-corrected chi connectivity index (χ0v) is 10.6. The van der Waals surface area contributed by atoms with E-state index in [2.05, 4.69) is 37.5 Å². The molecule has 86 valence electrons. The molecule has 0 aliphatic carbocycles. The summed E-state index contributed by atoms with van der Waals surface area (Å²) < 4.78 is 0. The summed E-state index contributed by atoms with van der Waals surface area (Å²) in [6.45, 7) is 10.6.